The van der Waals surface area contributed by atoms with Gasteiger partial charge in [0, 0.05) is 10.0 Å². The molecule has 0 aliphatic rings. The van der Waals surface area contributed by atoms with E-state index in [9.17, 15) is 4.79 Å². The van der Waals surface area contributed by atoms with Crippen molar-refractivity contribution < 1.29 is 13.9 Å². The second kappa shape index (κ2) is 9.59. The van der Waals surface area contributed by atoms with Gasteiger partial charge < -0.3 is 9.15 Å². The Morgan fingerprint density at radius 2 is 1.85 bits per heavy atom. The van der Waals surface area contributed by atoms with E-state index in [1.54, 1.807) is 28.9 Å². The smallest absolute Gasteiger partial charge is 0.293 e. The van der Waals surface area contributed by atoms with Gasteiger partial charge in [0.25, 0.3) is 5.91 Å². The maximum atomic E-state index is 12.5. The number of aromatic nitrogens is 3. The number of carbonyl (C=O) groups excluding carboxylic acids is 1. The van der Waals surface area contributed by atoms with Gasteiger partial charge in [0.15, 0.2) is 5.76 Å². The number of halogens is 2. The van der Waals surface area contributed by atoms with Gasteiger partial charge in [-0.05, 0) is 52.7 Å². The van der Waals surface area contributed by atoms with Crippen LogP contribution in [0.1, 0.15) is 21.9 Å². The van der Waals surface area contributed by atoms with Gasteiger partial charge in [0.05, 0.1) is 6.54 Å². The molecule has 5 rings (SSSR count). The summed E-state index contributed by atoms with van der Waals surface area (Å²) in [5.41, 5.74) is 0.830. The van der Waals surface area contributed by atoms with E-state index in [-0.39, 0.29) is 18.3 Å². The fourth-order valence-electron chi connectivity index (χ4n) is 3.40. The monoisotopic (exact) mass is 492 g/mol. The first kappa shape index (κ1) is 22.0. The second-order valence-corrected chi connectivity index (χ2v) is 8.36. The van der Waals surface area contributed by atoms with Crippen molar-refractivity contribution in [1.82, 2.24) is 14.8 Å². The fourth-order valence-corrected chi connectivity index (χ4v) is 3.87. The molecule has 0 aliphatic carbocycles. The van der Waals surface area contributed by atoms with Crippen molar-refractivity contribution in [3.8, 4) is 5.75 Å². The number of benzene rings is 3. The number of fused-ring (bicyclic) bond motifs is 1. The molecule has 1 N–H and O–H groups in total. The maximum Gasteiger partial charge on any atom is 0.293 e. The molecule has 0 aliphatic heterocycles. The number of hydrogen-bond acceptors (Lipinski definition) is 5. The molecule has 5 aromatic rings. The molecular weight excluding hydrogens is 475 g/mol. The van der Waals surface area contributed by atoms with Crippen LogP contribution in [0.5, 0.6) is 5.75 Å². The number of hydrogen-bond donors (Lipinski definition) is 1. The van der Waals surface area contributed by atoms with Crippen LogP contribution in [-0.4, -0.2) is 20.7 Å². The quantitative estimate of drug-likeness (QED) is 0.292. The van der Waals surface area contributed by atoms with E-state index < -0.39 is 5.91 Å². The van der Waals surface area contributed by atoms with Gasteiger partial charge in [0.1, 0.15) is 24.4 Å². The summed E-state index contributed by atoms with van der Waals surface area (Å²) in [5.74, 6) is 1.07. The van der Waals surface area contributed by atoms with Crippen molar-refractivity contribution in [1.29, 1.82) is 0 Å². The van der Waals surface area contributed by atoms with Crippen LogP contribution in [0.3, 0.4) is 0 Å². The molecule has 0 saturated carbocycles. The Morgan fingerprint density at radius 1 is 1.00 bits per heavy atom. The number of furan rings is 1. The van der Waals surface area contributed by atoms with Crippen LogP contribution in [0.25, 0.3) is 10.8 Å². The molecule has 0 unspecified atom stereocenters. The SMILES string of the molecule is O=C(Nc1ncn(Cc2ccc(Cl)cc2Cl)n1)c1ccc(COc2ccc3ccccc3c2)o1. The third-order valence-corrected chi connectivity index (χ3v) is 5.68. The Kier molecular flexibility index (Phi) is 6.20. The lowest BCUT2D eigenvalue weighted by atomic mass is 10.1. The van der Waals surface area contributed by atoms with Crippen LogP contribution in [-0.2, 0) is 13.2 Å². The molecule has 170 valence electrons. The van der Waals surface area contributed by atoms with E-state index in [2.05, 4.69) is 15.4 Å². The van der Waals surface area contributed by atoms with Crippen LogP contribution in [0.2, 0.25) is 10.0 Å². The molecule has 0 bridgehead atoms. The van der Waals surface area contributed by atoms with Crippen molar-refractivity contribution in [3.05, 3.63) is 106 Å². The first-order valence-electron chi connectivity index (χ1n) is 10.4. The molecule has 2 aromatic heterocycles. The van der Waals surface area contributed by atoms with Gasteiger partial charge in [-0.2, -0.15) is 0 Å². The van der Waals surface area contributed by atoms with Crippen molar-refractivity contribution in [2.75, 3.05) is 5.32 Å². The van der Waals surface area contributed by atoms with Gasteiger partial charge in [-0.25, -0.2) is 9.67 Å². The summed E-state index contributed by atoms with van der Waals surface area (Å²) in [6.45, 7) is 0.580. The lowest BCUT2D eigenvalue weighted by Crippen LogP contribution is -2.12. The van der Waals surface area contributed by atoms with Crippen LogP contribution >= 0.6 is 23.2 Å². The third kappa shape index (κ3) is 5.06. The summed E-state index contributed by atoms with van der Waals surface area (Å²) in [5, 5.41) is 10.2. The number of anilines is 1. The van der Waals surface area contributed by atoms with E-state index >= 15 is 0 Å². The van der Waals surface area contributed by atoms with Crippen LogP contribution in [0, 0.1) is 0 Å². The second-order valence-electron chi connectivity index (χ2n) is 7.52. The summed E-state index contributed by atoms with van der Waals surface area (Å²) in [7, 11) is 0. The Balaban J connectivity index is 1.18. The standard InChI is InChI=1S/C25H18Cl2N4O3/c26-19-7-5-18(22(27)12-19)13-31-15-28-25(30-31)29-24(32)23-10-9-21(34-23)14-33-20-8-6-16-3-1-2-4-17(16)11-20/h1-12,15H,13-14H2,(H,29,30,32). The van der Waals surface area contributed by atoms with E-state index in [1.165, 1.54) is 6.33 Å². The molecule has 7 nitrogen and oxygen atoms in total. The molecule has 1 amide bonds. The minimum absolute atomic E-state index is 0.134. The lowest BCUT2D eigenvalue weighted by Gasteiger charge is -2.06. The third-order valence-electron chi connectivity index (χ3n) is 5.10. The molecule has 0 spiro atoms. The highest BCUT2D eigenvalue weighted by Crippen LogP contribution is 2.23. The molecular formula is C25H18Cl2N4O3. The van der Waals surface area contributed by atoms with Crippen molar-refractivity contribution >= 4 is 45.8 Å². The van der Waals surface area contributed by atoms with Crippen LogP contribution < -0.4 is 10.1 Å². The summed E-state index contributed by atoms with van der Waals surface area (Å²) in [6, 6.07) is 22.4. The van der Waals surface area contributed by atoms with E-state index in [4.69, 9.17) is 32.4 Å². The molecule has 3 aromatic carbocycles. The van der Waals surface area contributed by atoms with E-state index in [1.807, 2.05) is 48.5 Å². The number of nitrogens with one attached hydrogen (secondary N) is 1. The zero-order valence-electron chi connectivity index (χ0n) is 17.7. The van der Waals surface area contributed by atoms with Gasteiger partial charge in [0.2, 0.25) is 5.95 Å². The van der Waals surface area contributed by atoms with Crippen LogP contribution in [0.4, 0.5) is 5.95 Å². The van der Waals surface area contributed by atoms with Crippen molar-refractivity contribution in [2.45, 2.75) is 13.2 Å². The normalized spacial score (nSPS) is 11.0. The highest BCUT2D eigenvalue weighted by atomic mass is 35.5. The number of amides is 1. The summed E-state index contributed by atoms with van der Waals surface area (Å²) >= 11 is 12.1. The van der Waals surface area contributed by atoms with Gasteiger partial charge in [-0.3, -0.25) is 10.1 Å². The fraction of sp³-hybridized carbons (Fsp3) is 0.0800. The topological polar surface area (TPSA) is 82.2 Å². The average molecular weight is 493 g/mol. The van der Waals surface area contributed by atoms with E-state index in [0.717, 1.165) is 22.1 Å². The van der Waals surface area contributed by atoms with Gasteiger partial charge in [-0.15, -0.1) is 5.10 Å². The predicted octanol–water partition coefficient (Wildman–Crippen LogP) is 6.21. The molecule has 34 heavy (non-hydrogen) atoms. The minimum Gasteiger partial charge on any atom is -0.486 e. The van der Waals surface area contributed by atoms with Crippen molar-refractivity contribution in [2.24, 2.45) is 0 Å². The number of carbonyl (C=O) groups is 1. The number of rotatable bonds is 7. The van der Waals surface area contributed by atoms with Crippen molar-refractivity contribution in [3.63, 3.8) is 0 Å². The highest BCUT2D eigenvalue weighted by molar-refractivity contribution is 6.35. The number of nitrogens with zero attached hydrogens (tertiary/aromatic N) is 3. The Hall–Kier alpha value is -3.81. The molecule has 9 heteroatoms. The van der Waals surface area contributed by atoms with E-state index in [0.29, 0.717) is 22.4 Å². The number of ether oxygens (including phenoxy) is 1. The van der Waals surface area contributed by atoms with Gasteiger partial charge >= 0.3 is 0 Å². The minimum atomic E-state index is -0.459. The Labute approximate surface area is 204 Å². The molecule has 0 saturated heterocycles. The molecule has 0 radical (unpaired) electrons. The summed E-state index contributed by atoms with van der Waals surface area (Å²) in [4.78, 5) is 16.7. The average Bonchev–Trinajstić information content (AvgIpc) is 3.49. The summed E-state index contributed by atoms with van der Waals surface area (Å²) in [6.07, 6.45) is 1.51. The maximum absolute atomic E-state index is 12.5. The van der Waals surface area contributed by atoms with Crippen LogP contribution in [0.15, 0.2) is 83.5 Å². The first-order chi connectivity index (χ1) is 16.5. The zero-order valence-corrected chi connectivity index (χ0v) is 19.3. The Bertz CT molecular complexity index is 1480. The predicted molar refractivity (Wildman–Crippen MR) is 131 cm³/mol. The van der Waals surface area contributed by atoms with Gasteiger partial charge in [-0.1, -0.05) is 59.6 Å². The Morgan fingerprint density at radius 3 is 2.71 bits per heavy atom. The highest BCUT2D eigenvalue weighted by Gasteiger charge is 2.14. The molecule has 0 atom stereocenters. The summed E-state index contributed by atoms with van der Waals surface area (Å²) < 4.78 is 13.0. The largest absolute Gasteiger partial charge is 0.486 e. The molecule has 0 fully saturated rings. The zero-order chi connectivity index (χ0) is 23.5. The first-order valence-corrected chi connectivity index (χ1v) is 11.1. The lowest BCUT2D eigenvalue weighted by molar-refractivity contribution is 0.0991. The molecule has 2 heterocycles.